The van der Waals surface area contributed by atoms with Gasteiger partial charge >= 0.3 is 0 Å². The molecule has 4 nitrogen and oxygen atoms in total. The van der Waals surface area contributed by atoms with E-state index in [0.29, 0.717) is 0 Å². The first-order chi connectivity index (χ1) is 12.6. The van der Waals surface area contributed by atoms with Gasteiger partial charge in [0.15, 0.2) is 0 Å². The van der Waals surface area contributed by atoms with Gasteiger partial charge in [-0.2, -0.15) is 0 Å². The molecule has 1 N–H and O–H groups in total. The number of benzene rings is 1. The highest BCUT2D eigenvalue weighted by atomic mass is 35.5. The first-order valence-electron chi connectivity index (χ1n) is 9.29. The minimum absolute atomic E-state index is 0.800. The van der Waals surface area contributed by atoms with Crippen molar-refractivity contribution in [3.05, 3.63) is 58.4 Å². The number of fused-ring (bicyclic) bond motifs is 1. The van der Waals surface area contributed by atoms with E-state index in [4.69, 9.17) is 16.6 Å². The molecule has 1 aliphatic rings. The minimum Gasteiger partial charge on any atom is -0.315 e. The van der Waals surface area contributed by atoms with E-state index in [9.17, 15) is 0 Å². The van der Waals surface area contributed by atoms with Gasteiger partial charge in [-0.15, -0.1) is 0 Å². The molecular formula is C21H25ClN4. The number of aryl methyl sites for hydroxylation is 2. The minimum atomic E-state index is 0.800. The number of aromatic nitrogens is 2. The maximum absolute atomic E-state index is 6.24. The molecule has 0 bridgehead atoms. The van der Waals surface area contributed by atoms with Crippen LogP contribution in [-0.2, 0) is 6.54 Å². The molecule has 26 heavy (non-hydrogen) atoms. The van der Waals surface area contributed by atoms with E-state index in [0.717, 1.165) is 60.2 Å². The smallest absolute Gasteiger partial charge is 0.140 e. The Morgan fingerprint density at radius 3 is 2.85 bits per heavy atom. The summed E-state index contributed by atoms with van der Waals surface area (Å²) in [6.45, 7) is 9.41. The van der Waals surface area contributed by atoms with E-state index < -0.39 is 0 Å². The van der Waals surface area contributed by atoms with Crippen LogP contribution in [0.4, 0.5) is 0 Å². The van der Waals surface area contributed by atoms with Crippen LogP contribution in [-0.4, -0.2) is 40.5 Å². The summed E-state index contributed by atoms with van der Waals surface area (Å²) in [6.07, 6.45) is 3.32. The fraction of sp³-hybridized carbons (Fsp3) is 0.381. The van der Waals surface area contributed by atoms with Gasteiger partial charge in [-0.05, 0) is 62.7 Å². The van der Waals surface area contributed by atoms with Gasteiger partial charge < -0.3 is 9.72 Å². The van der Waals surface area contributed by atoms with E-state index in [2.05, 4.69) is 52.0 Å². The highest BCUT2D eigenvalue weighted by Crippen LogP contribution is 2.29. The Hall–Kier alpha value is -1.88. The average molecular weight is 369 g/mol. The van der Waals surface area contributed by atoms with Crippen LogP contribution in [0.3, 0.4) is 0 Å². The molecule has 3 heterocycles. The number of hydrogen-bond acceptors (Lipinski definition) is 3. The van der Waals surface area contributed by atoms with E-state index in [-0.39, 0.29) is 0 Å². The van der Waals surface area contributed by atoms with Gasteiger partial charge in [0, 0.05) is 36.4 Å². The summed E-state index contributed by atoms with van der Waals surface area (Å²) in [4.78, 5) is 7.55. The van der Waals surface area contributed by atoms with Crippen molar-refractivity contribution >= 4 is 17.2 Å². The zero-order valence-electron chi connectivity index (χ0n) is 15.4. The van der Waals surface area contributed by atoms with Gasteiger partial charge in [-0.1, -0.05) is 23.7 Å². The van der Waals surface area contributed by atoms with Gasteiger partial charge in [0.25, 0.3) is 0 Å². The second-order valence-corrected chi connectivity index (χ2v) is 7.54. The van der Waals surface area contributed by atoms with Crippen LogP contribution in [0.1, 0.15) is 23.2 Å². The third kappa shape index (κ3) is 3.37. The zero-order chi connectivity index (χ0) is 18.1. The summed E-state index contributed by atoms with van der Waals surface area (Å²) in [5.74, 6) is 0. The van der Waals surface area contributed by atoms with Crippen molar-refractivity contribution in [3.8, 4) is 11.3 Å². The van der Waals surface area contributed by atoms with Crippen molar-refractivity contribution in [2.75, 3.05) is 26.2 Å². The van der Waals surface area contributed by atoms with E-state index in [1.54, 1.807) is 0 Å². The Bertz CT molecular complexity index is 923. The summed E-state index contributed by atoms with van der Waals surface area (Å²) < 4.78 is 2.26. The first-order valence-corrected chi connectivity index (χ1v) is 9.67. The Morgan fingerprint density at radius 2 is 2.00 bits per heavy atom. The maximum atomic E-state index is 6.24. The lowest BCUT2D eigenvalue weighted by Crippen LogP contribution is -2.28. The largest absolute Gasteiger partial charge is 0.315 e. The SMILES string of the molecule is Cc1cc(-c2nc3c(C)cccn3c2CN2CCCNCC2)ccc1Cl. The molecule has 0 saturated carbocycles. The molecule has 0 amide bonds. The molecule has 3 aromatic rings. The fourth-order valence-electron chi connectivity index (χ4n) is 3.70. The second kappa shape index (κ2) is 7.39. The summed E-state index contributed by atoms with van der Waals surface area (Å²) in [7, 11) is 0. The van der Waals surface area contributed by atoms with Crippen molar-refractivity contribution in [2.45, 2.75) is 26.8 Å². The molecule has 1 aromatic carbocycles. The number of hydrogen-bond donors (Lipinski definition) is 1. The predicted molar refractivity (Wildman–Crippen MR) is 108 cm³/mol. The topological polar surface area (TPSA) is 32.6 Å². The molecule has 1 aliphatic heterocycles. The molecule has 4 rings (SSSR count). The number of nitrogens with one attached hydrogen (secondary N) is 1. The molecule has 1 saturated heterocycles. The summed E-state index contributed by atoms with van der Waals surface area (Å²) in [6, 6.07) is 10.4. The zero-order valence-corrected chi connectivity index (χ0v) is 16.2. The lowest BCUT2D eigenvalue weighted by atomic mass is 10.1. The average Bonchev–Trinajstić information content (AvgIpc) is 2.81. The third-order valence-electron chi connectivity index (χ3n) is 5.18. The maximum Gasteiger partial charge on any atom is 0.140 e. The summed E-state index contributed by atoms with van der Waals surface area (Å²) >= 11 is 6.24. The van der Waals surface area contributed by atoms with Gasteiger partial charge in [0.05, 0.1) is 11.4 Å². The number of imidazole rings is 1. The normalized spacial score (nSPS) is 16.1. The van der Waals surface area contributed by atoms with E-state index >= 15 is 0 Å². The third-order valence-corrected chi connectivity index (χ3v) is 5.61. The van der Waals surface area contributed by atoms with Crippen molar-refractivity contribution < 1.29 is 0 Å². The molecule has 0 aliphatic carbocycles. The van der Waals surface area contributed by atoms with E-state index in [1.165, 1.54) is 17.7 Å². The summed E-state index contributed by atoms with van der Waals surface area (Å²) in [5.41, 5.74) is 6.78. The molecule has 2 aromatic heterocycles. The van der Waals surface area contributed by atoms with Gasteiger partial charge in [0.2, 0.25) is 0 Å². The Balaban J connectivity index is 1.82. The number of halogens is 1. The van der Waals surface area contributed by atoms with Gasteiger partial charge in [0.1, 0.15) is 5.65 Å². The van der Waals surface area contributed by atoms with Crippen LogP contribution in [0.2, 0.25) is 5.02 Å². The van der Waals surface area contributed by atoms with Crippen LogP contribution in [0, 0.1) is 13.8 Å². The van der Waals surface area contributed by atoms with Crippen LogP contribution < -0.4 is 5.32 Å². The molecule has 0 radical (unpaired) electrons. The predicted octanol–water partition coefficient (Wildman–Crippen LogP) is 4.07. The van der Waals surface area contributed by atoms with Crippen molar-refractivity contribution in [1.82, 2.24) is 19.6 Å². The number of pyridine rings is 1. The molecule has 1 fully saturated rings. The Morgan fingerprint density at radius 1 is 1.12 bits per heavy atom. The van der Waals surface area contributed by atoms with Crippen LogP contribution >= 0.6 is 11.6 Å². The van der Waals surface area contributed by atoms with Crippen molar-refractivity contribution in [1.29, 1.82) is 0 Å². The molecule has 136 valence electrons. The molecule has 0 atom stereocenters. The van der Waals surface area contributed by atoms with E-state index in [1.807, 2.05) is 13.0 Å². The van der Waals surface area contributed by atoms with Gasteiger partial charge in [-0.25, -0.2) is 4.98 Å². The van der Waals surface area contributed by atoms with Crippen molar-refractivity contribution in [3.63, 3.8) is 0 Å². The molecular weight excluding hydrogens is 344 g/mol. The number of nitrogens with zero attached hydrogens (tertiary/aromatic N) is 3. The second-order valence-electron chi connectivity index (χ2n) is 7.14. The van der Waals surface area contributed by atoms with Gasteiger partial charge in [-0.3, -0.25) is 4.90 Å². The van der Waals surface area contributed by atoms with Crippen LogP contribution in [0.5, 0.6) is 0 Å². The fourth-order valence-corrected chi connectivity index (χ4v) is 3.82. The highest BCUT2D eigenvalue weighted by Gasteiger charge is 2.19. The molecule has 0 unspecified atom stereocenters. The summed E-state index contributed by atoms with van der Waals surface area (Å²) in [5, 5.41) is 4.28. The monoisotopic (exact) mass is 368 g/mol. The first kappa shape index (κ1) is 17.5. The number of rotatable bonds is 3. The van der Waals surface area contributed by atoms with Crippen molar-refractivity contribution in [2.24, 2.45) is 0 Å². The lowest BCUT2D eigenvalue weighted by molar-refractivity contribution is 0.281. The van der Waals surface area contributed by atoms with Crippen LogP contribution in [0.25, 0.3) is 16.9 Å². The highest BCUT2D eigenvalue weighted by molar-refractivity contribution is 6.31. The lowest BCUT2D eigenvalue weighted by Gasteiger charge is -2.20. The Labute approximate surface area is 159 Å². The standard InChI is InChI=1S/C21H25ClN4/c1-15-5-3-11-26-19(14-25-10-4-8-23-9-12-25)20(24-21(15)26)17-6-7-18(22)16(2)13-17/h3,5-7,11,13,23H,4,8-10,12,14H2,1-2H3. The molecule has 0 spiro atoms. The van der Waals surface area contributed by atoms with Crippen LogP contribution in [0.15, 0.2) is 36.5 Å². The molecule has 5 heteroatoms. The quantitative estimate of drug-likeness (QED) is 0.756. The Kier molecular flexibility index (Phi) is 4.98.